The van der Waals surface area contributed by atoms with Crippen LogP contribution in [0.4, 0.5) is 0 Å². The van der Waals surface area contributed by atoms with Gasteiger partial charge in [-0.15, -0.1) is 0 Å². The fourth-order valence-corrected chi connectivity index (χ4v) is 0. The zero-order valence-corrected chi connectivity index (χ0v) is 4.01. The maximum absolute atomic E-state index is 4.62. The maximum atomic E-state index is 4.62. The van der Waals surface area contributed by atoms with Gasteiger partial charge in [0.1, 0.15) is 0 Å². The zero-order valence-electron chi connectivity index (χ0n) is 2.44. The van der Waals surface area contributed by atoms with Gasteiger partial charge in [0.05, 0.1) is 0 Å². The Hall–Kier alpha value is -0.0200. The molecule has 5 heavy (non-hydrogen) atoms. The molecule has 0 aliphatic heterocycles. The molecule has 0 rings (SSSR count). The Morgan fingerprint density at radius 2 is 1.40 bits per heavy atom. The third kappa shape index (κ3) is 39000. The molecule has 0 heterocycles. The highest BCUT2D eigenvalue weighted by Gasteiger charge is 1.53. The number of hydrogen-bond acceptors (Lipinski definition) is 1. The Balaban J connectivity index is 0. The largest absolute Gasteiger partial charge is 1.00 e. The minimum absolute atomic E-state index is 0. The van der Waals surface area contributed by atoms with Crippen molar-refractivity contribution in [2.24, 2.45) is 11.5 Å². The third-order valence-corrected chi connectivity index (χ3v) is 0. The number of halogens is 1. The van der Waals surface area contributed by atoms with Crippen LogP contribution in [0.15, 0.2) is 0 Å². The molecule has 0 unspecified atom stereocenters. The van der Waals surface area contributed by atoms with E-state index in [1.807, 2.05) is 0 Å². The topological polar surface area (TPSA) is 52.0 Å². The number of rotatable bonds is 0. The highest BCUT2D eigenvalue weighted by atomic mass is 35.5. The van der Waals surface area contributed by atoms with Crippen molar-refractivity contribution in [3.05, 3.63) is 0 Å². The van der Waals surface area contributed by atoms with E-state index in [9.17, 15) is 0 Å². The van der Waals surface area contributed by atoms with Gasteiger partial charge in [0.2, 0.25) is 0 Å². The van der Waals surface area contributed by atoms with Crippen LogP contribution in [0, 0.1) is 0 Å². The van der Waals surface area contributed by atoms with Gasteiger partial charge >= 0.3 is 0 Å². The molecule has 0 fully saturated rings. The first kappa shape index (κ1) is 8.88. The molecular weight excluding hydrogens is 108 g/mol. The van der Waals surface area contributed by atoms with E-state index in [4.69, 9.17) is 0 Å². The number of nitrogens with two attached hydrogens (primary N) is 2. The van der Waals surface area contributed by atoms with Crippen LogP contribution in [-0.2, 0) is 0 Å². The van der Waals surface area contributed by atoms with Gasteiger partial charge in [-0.25, -0.2) is 0 Å². The highest BCUT2D eigenvalue weighted by molar-refractivity contribution is 7.80. The molecule has 0 aromatic rings. The average Bonchev–Trinajstić information content (AvgIpc) is 0.811. The molecular formula is CH4ClN2S-. The van der Waals surface area contributed by atoms with Crippen LogP contribution in [0.2, 0.25) is 0 Å². The predicted octanol–water partition coefficient (Wildman–Crippen LogP) is -3.81. The first-order chi connectivity index (χ1) is 1.73. The van der Waals surface area contributed by atoms with Gasteiger partial charge in [-0.3, -0.25) is 0 Å². The summed E-state index contributed by atoms with van der Waals surface area (Å²) in [5, 5.41) is 0.000000000000000222. The van der Waals surface area contributed by atoms with Gasteiger partial charge in [0.15, 0.2) is 5.11 Å². The second-order valence-electron chi connectivity index (χ2n) is 0.402. The molecule has 2 nitrogen and oxygen atoms in total. The molecule has 0 amide bonds. The number of thiocarbonyl (C=S) groups is 1. The van der Waals surface area contributed by atoms with Crippen molar-refractivity contribution < 1.29 is 12.4 Å². The van der Waals surface area contributed by atoms with Crippen LogP contribution in [0.3, 0.4) is 0 Å². The molecule has 0 atom stereocenters. The van der Waals surface area contributed by atoms with Crippen molar-refractivity contribution in [2.45, 2.75) is 0 Å². The second-order valence-corrected chi connectivity index (χ2v) is 0.874. The summed E-state index contributed by atoms with van der Waals surface area (Å²) in [6.45, 7) is 0. The van der Waals surface area contributed by atoms with Crippen molar-refractivity contribution >= 4 is 17.3 Å². The first-order valence-electron chi connectivity index (χ1n) is 0.781. The lowest BCUT2D eigenvalue weighted by molar-refractivity contribution is -0.00000102. The highest BCUT2D eigenvalue weighted by Crippen LogP contribution is 1.32. The van der Waals surface area contributed by atoms with Crippen molar-refractivity contribution in [3.63, 3.8) is 0 Å². The monoisotopic (exact) mass is 111 g/mol. The second kappa shape index (κ2) is 3.98. The summed E-state index contributed by atoms with van der Waals surface area (Å²) in [4.78, 5) is 0. The summed E-state index contributed by atoms with van der Waals surface area (Å²) >= 11 is 4.09. The normalized spacial score (nSPS) is 4.80. The van der Waals surface area contributed by atoms with Crippen LogP contribution >= 0.6 is 12.2 Å². The van der Waals surface area contributed by atoms with Gasteiger partial charge in [0.25, 0.3) is 0 Å². The van der Waals surface area contributed by atoms with E-state index >= 15 is 0 Å². The molecule has 0 aromatic carbocycles. The fraction of sp³-hybridized carbons (Fsp3) is 0. The van der Waals surface area contributed by atoms with E-state index in [1.54, 1.807) is 0 Å². The summed E-state index contributed by atoms with van der Waals surface area (Å²) in [5.74, 6) is 0. The smallest absolute Gasteiger partial charge is 0.160 e. The molecule has 0 saturated heterocycles. The predicted molar refractivity (Wildman–Crippen MR) is 21.0 cm³/mol. The van der Waals surface area contributed by atoms with Crippen molar-refractivity contribution in [3.8, 4) is 0 Å². The van der Waals surface area contributed by atoms with Gasteiger partial charge in [-0.2, -0.15) is 0 Å². The van der Waals surface area contributed by atoms with Gasteiger partial charge in [-0.1, -0.05) is 0 Å². The van der Waals surface area contributed by atoms with Crippen LogP contribution < -0.4 is 23.9 Å². The van der Waals surface area contributed by atoms with E-state index in [1.165, 1.54) is 0 Å². The standard InChI is InChI=1S/CH4N2S.ClH/c2-1(3)4;/h(H4,2,3,4);1H/p-1. The Kier molecular flexibility index (Phi) is 7.07. The fourth-order valence-electron chi connectivity index (χ4n) is 0. The Morgan fingerprint density at radius 1 is 1.40 bits per heavy atom. The Bertz CT molecular complexity index is 32.6. The van der Waals surface area contributed by atoms with Crippen LogP contribution in [-0.4, -0.2) is 5.11 Å². The summed E-state index contributed by atoms with van der Waals surface area (Å²) in [6.07, 6.45) is 0. The van der Waals surface area contributed by atoms with Crippen LogP contribution in [0.25, 0.3) is 0 Å². The van der Waals surface area contributed by atoms with E-state index in [0.29, 0.717) is 0 Å². The van der Waals surface area contributed by atoms with Gasteiger partial charge in [-0.05, 0) is 12.2 Å². The average molecular weight is 112 g/mol. The minimum Gasteiger partial charge on any atom is -1.00 e. The van der Waals surface area contributed by atoms with Gasteiger partial charge < -0.3 is 23.9 Å². The zero-order chi connectivity index (χ0) is 3.58. The van der Waals surface area contributed by atoms with E-state index in [-0.39, 0.29) is 17.5 Å². The van der Waals surface area contributed by atoms with Crippen molar-refractivity contribution in [1.29, 1.82) is 0 Å². The Labute approximate surface area is 41.9 Å². The van der Waals surface area contributed by atoms with Crippen molar-refractivity contribution in [2.75, 3.05) is 0 Å². The molecule has 32 valence electrons. The molecule has 0 aliphatic rings. The Morgan fingerprint density at radius 3 is 1.40 bits per heavy atom. The van der Waals surface area contributed by atoms with Gasteiger partial charge in [0, 0.05) is 0 Å². The lowest BCUT2D eigenvalue weighted by Gasteiger charge is -1.68. The molecule has 0 aliphatic carbocycles. The summed E-state index contributed by atoms with van der Waals surface area (Å²) in [7, 11) is 0. The first-order valence-corrected chi connectivity index (χ1v) is 1.19. The molecule has 4 N–H and O–H groups in total. The molecule has 0 bridgehead atoms. The van der Waals surface area contributed by atoms with E-state index in [0.717, 1.165) is 0 Å². The van der Waals surface area contributed by atoms with E-state index < -0.39 is 0 Å². The third-order valence-electron chi connectivity index (χ3n) is 0. The molecule has 0 spiro atoms. The number of hydrogen-bond donors (Lipinski definition) is 2. The molecule has 0 aromatic heterocycles. The summed E-state index contributed by atoms with van der Waals surface area (Å²) in [6, 6.07) is 0. The minimum atomic E-state index is 0. The summed E-state index contributed by atoms with van der Waals surface area (Å²) in [5.41, 5.74) is 9.24. The molecule has 0 saturated carbocycles. The van der Waals surface area contributed by atoms with E-state index in [2.05, 4.69) is 23.7 Å². The quantitative estimate of drug-likeness (QED) is 0.315. The lowest BCUT2D eigenvalue weighted by atomic mass is 11.3. The van der Waals surface area contributed by atoms with Crippen molar-refractivity contribution in [1.82, 2.24) is 0 Å². The molecule has 0 radical (unpaired) electrons. The molecule has 4 heteroatoms. The van der Waals surface area contributed by atoms with Crippen LogP contribution in [0.5, 0.6) is 0 Å². The SMILES string of the molecule is NC(N)=S.[Cl-]. The lowest BCUT2D eigenvalue weighted by Crippen LogP contribution is -3.00. The maximum Gasteiger partial charge on any atom is 0.160 e. The summed E-state index contributed by atoms with van der Waals surface area (Å²) < 4.78 is 0. The van der Waals surface area contributed by atoms with Crippen LogP contribution in [0.1, 0.15) is 0 Å².